The summed E-state index contributed by atoms with van der Waals surface area (Å²) in [5.74, 6) is 0.603. The summed E-state index contributed by atoms with van der Waals surface area (Å²) in [5.41, 5.74) is 0.695. The molecule has 132 valence electrons. The minimum Gasteiger partial charge on any atom is -0.489 e. The summed E-state index contributed by atoms with van der Waals surface area (Å²) >= 11 is 0. The van der Waals surface area contributed by atoms with Gasteiger partial charge in [-0.2, -0.15) is 13.5 Å². The molecule has 3 aromatic carbocycles. The van der Waals surface area contributed by atoms with Gasteiger partial charge in [0.2, 0.25) is 0 Å². The highest BCUT2D eigenvalue weighted by molar-refractivity contribution is 7.89. The second-order valence-corrected chi connectivity index (χ2v) is 7.13. The molecule has 0 heterocycles. The van der Waals surface area contributed by atoms with Crippen molar-refractivity contribution in [3.63, 3.8) is 0 Å². The van der Waals surface area contributed by atoms with Gasteiger partial charge in [-0.15, -0.1) is 0 Å². The van der Waals surface area contributed by atoms with Crippen molar-refractivity contribution in [1.82, 2.24) is 4.83 Å². The Hall–Kier alpha value is -3.12. The molecule has 26 heavy (non-hydrogen) atoms. The largest absolute Gasteiger partial charge is 0.489 e. The highest BCUT2D eigenvalue weighted by atomic mass is 32.2. The fraction of sp³-hybridized carbons (Fsp3) is 0.0500. The van der Waals surface area contributed by atoms with Crippen molar-refractivity contribution in [3.8, 4) is 5.75 Å². The van der Waals surface area contributed by atoms with Crippen LogP contribution in [0.15, 0.2) is 89.4 Å². The van der Waals surface area contributed by atoms with E-state index < -0.39 is 10.0 Å². The third kappa shape index (κ3) is 3.92. The maximum Gasteiger partial charge on any atom is 0.276 e. The summed E-state index contributed by atoms with van der Waals surface area (Å²) < 4.78 is 30.2. The van der Waals surface area contributed by atoms with Crippen LogP contribution in [0.2, 0.25) is 0 Å². The predicted molar refractivity (Wildman–Crippen MR) is 104 cm³/mol. The van der Waals surface area contributed by atoms with Gasteiger partial charge in [0.05, 0.1) is 11.1 Å². The standard InChI is InChI=1S/C20H18N2O3S/c1-2-14-25-20-13-12-16-8-6-7-11-18(16)19(20)15-21-22-26(23,24)17-9-4-3-5-10-17/h2-13,15,22H,1,14H2. The third-order valence-electron chi connectivity index (χ3n) is 3.71. The number of hydrazone groups is 1. The van der Waals surface area contributed by atoms with E-state index in [4.69, 9.17) is 4.74 Å². The maximum absolute atomic E-state index is 12.3. The van der Waals surface area contributed by atoms with Crippen molar-refractivity contribution in [1.29, 1.82) is 0 Å². The number of benzene rings is 3. The number of ether oxygens (including phenoxy) is 1. The molecule has 0 fully saturated rings. The van der Waals surface area contributed by atoms with Gasteiger partial charge < -0.3 is 4.74 Å². The van der Waals surface area contributed by atoms with Crippen molar-refractivity contribution >= 4 is 27.0 Å². The summed E-state index contributed by atoms with van der Waals surface area (Å²) in [6.07, 6.45) is 3.11. The number of hydrogen-bond acceptors (Lipinski definition) is 4. The Balaban J connectivity index is 1.94. The Morgan fingerprint density at radius 2 is 1.73 bits per heavy atom. The van der Waals surface area contributed by atoms with Gasteiger partial charge in [-0.1, -0.05) is 61.2 Å². The SMILES string of the molecule is C=CCOc1ccc2ccccc2c1C=NNS(=O)(=O)c1ccccc1. The Kier molecular flexibility index (Phi) is 5.34. The molecule has 0 bridgehead atoms. The van der Waals surface area contributed by atoms with Gasteiger partial charge in [-0.05, 0) is 29.0 Å². The van der Waals surface area contributed by atoms with Crippen LogP contribution in [0.5, 0.6) is 5.75 Å². The van der Waals surface area contributed by atoms with E-state index >= 15 is 0 Å². The highest BCUT2D eigenvalue weighted by Gasteiger charge is 2.12. The number of rotatable bonds is 7. The van der Waals surface area contributed by atoms with E-state index in [1.807, 2.05) is 36.4 Å². The van der Waals surface area contributed by atoms with Crippen LogP contribution in [0.1, 0.15) is 5.56 Å². The molecular formula is C20H18N2O3S. The van der Waals surface area contributed by atoms with Crippen LogP contribution in [-0.2, 0) is 10.0 Å². The average molecular weight is 366 g/mol. The summed E-state index contributed by atoms with van der Waals surface area (Å²) in [5, 5.41) is 5.86. The van der Waals surface area contributed by atoms with Crippen molar-refractivity contribution < 1.29 is 13.2 Å². The van der Waals surface area contributed by atoms with Gasteiger partial charge >= 0.3 is 0 Å². The van der Waals surface area contributed by atoms with Crippen molar-refractivity contribution in [3.05, 3.63) is 84.9 Å². The maximum atomic E-state index is 12.3. The van der Waals surface area contributed by atoms with E-state index in [0.29, 0.717) is 17.9 Å². The topological polar surface area (TPSA) is 67.8 Å². The zero-order valence-electron chi connectivity index (χ0n) is 14.0. The fourth-order valence-corrected chi connectivity index (χ4v) is 3.31. The second-order valence-electron chi connectivity index (χ2n) is 5.46. The number of hydrogen-bond donors (Lipinski definition) is 1. The lowest BCUT2D eigenvalue weighted by atomic mass is 10.0. The Labute approximate surface area is 152 Å². The Bertz CT molecular complexity index is 1050. The molecule has 1 N–H and O–H groups in total. The van der Waals surface area contributed by atoms with E-state index in [-0.39, 0.29) is 4.90 Å². The molecule has 3 rings (SSSR count). The summed E-state index contributed by atoms with van der Waals surface area (Å²) in [7, 11) is -3.72. The van der Waals surface area contributed by atoms with Gasteiger partial charge in [0.1, 0.15) is 12.4 Å². The molecule has 0 radical (unpaired) electrons. The summed E-state index contributed by atoms with van der Waals surface area (Å²) in [4.78, 5) is 2.39. The third-order valence-corrected chi connectivity index (χ3v) is 4.95. The Morgan fingerprint density at radius 1 is 1.00 bits per heavy atom. The number of sulfonamides is 1. The van der Waals surface area contributed by atoms with Gasteiger partial charge in [-0.3, -0.25) is 0 Å². The molecule has 0 saturated heterocycles. The lowest BCUT2D eigenvalue weighted by molar-refractivity contribution is 0.363. The van der Waals surface area contributed by atoms with Gasteiger partial charge in [0.15, 0.2) is 0 Å². The van der Waals surface area contributed by atoms with Gasteiger partial charge in [0.25, 0.3) is 10.0 Å². The van der Waals surface area contributed by atoms with Gasteiger partial charge in [0, 0.05) is 5.56 Å². The van der Waals surface area contributed by atoms with E-state index in [9.17, 15) is 8.42 Å². The molecule has 0 spiro atoms. The van der Waals surface area contributed by atoms with Crippen LogP contribution in [0.4, 0.5) is 0 Å². The molecule has 0 atom stereocenters. The summed E-state index contributed by atoms with van der Waals surface area (Å²) in [6.45, 7) is 3.99. The quantitative estimate of drug-likeness (QED) is 0.394. The van der Waals surface area contributed by atoms with Crippen LogP contribution in [0.25, 0.3) is 10.8 Å². The van der Waals surface area contributed by atoms with Crippen LogP contribution in [0.3, 0.4) is 0 Å². The molecule has 6 heteroatoms. The summed E-state index contributed by atoms with van der Waals surface area (Å²) in [6, 6.07) is 19.6. The minimum atomic E-state index is -3.72. The van der Waals surface area contributed by atoms with E-state index in [1.54, 1.807) is 24.3 Å². The first-order chi connectivity index (χ1) is 12.6. The van der Waals surface area contributed by atoms with Crippen molar-refractivity contribution in [2.24, 2.45) is 5.10 Å². The molecule has 0 amide bonds. The lowest BCUT2D eigenvalue weighted by Gasteiger charge is -2.10. The lowest BCUT2D eigenvalue weighted by Crippen LogP contribution is -2.18. The first kappa shape index (κ1) is 17.7. The minimum absolute atomic E-state index is 0.151. The molecule has 0 aromatic heterocycles. The zero-order chi connectivity index (χ0) is 18.4. The molecule has 0 unspecified atom stereocenters. The molecule has 0 saturated carbocycles. The smallest absolute Gasteiger partial charge is 0.276 e. The second kappa shape index (κ2) is 7.84. The predicted octanol–water partition coefficient (Wildman–Crippen LogP) is 3.72. The van der Waals surface area contributed by atoms with Crippen LogP contribution in [-0.4, -0.2) is 21.2 Å². The fourth-order valence-electron chi connectivity index (χ4n) is 2.50. The zero-order valence-corrected chi connectivity index (χ0v) is 14.8. The van der Waals surface area contributed by atoms with Crippen molar-refractivity contribution in [2.45, 2.75) is 4.90 Å². The Morgan fingerprint density at radius 3 is 2.50 bits per heavy atom. The first-order valence-corrected chi connectivity index (χ1v) is 9.45. The molecule has 0 aliphatic heterocycles. The number of nitrogens with one attached hydrogen (secondary N) is 1. The molecule has 3 aromatic rings. The van der Waals surface area contributed by atoms with Crippen LogP contribution in [0, 0.1) is 0 Å². The molecule has 0 aliphatic rings. The monoisotopic (exact) mass is 366 g/mol. The van der Waals surface area contributed by atoms with E-state index in [1.165, 1.54) is 18.3 Å². The van der Waals surface area contributed by atoms with Crippen molar-refractivity contribution in [2.75, 3.05) is 6.61 Å². The normalized spacial score (nSPS) is 11.5. The van der Waals surface area contributed by atoms with E-state index in [2.05, 4.69) is 16.5 Å². The van der Waals surface area contributed by atoms with Crippen LogP contribution >= 0.6 is 0 Å². The molecular weight excluding hydrogens is 348 g/mol. The van der Waals surface area contributed by atoms with E-state index in [0.717, 1.165) is 10.8 Å². The molecule has 5 nitrogen and oxygen atoms in total. The number of nitrogens with zero attached hydrogens (tertiary/aromatic N) is 1. The first-order valence-electron chi connectivity index (χ1n) is 7.97. The van der Waals surface area contributed by atoms with Crippen LogP contribution < -0.4 is 9.57 Å². The molecule has 0 aliphatic carbocycles. The highest BCUT2D eigenvalue weighted by Crippen LogP contribution is 2.26. The van der Waals surface area contributed by atoms with Gasteiger partial charge in [-0.25, -0.2) is 4.83 Å². The number of fused-ring (bicyclic) bond motifs is 1. The average Bonchev–Trinajstić information content (AvgIpc) is 2.67.